The van der Waals surface area contributed by atoms with Crippen LogP contribution in [0.4, 0.5) is 4.79 Å². The summed E-state index contributed by atoms with van der Waals surface area (Å²) >= 11 is 0. The van der Waals surface area contributed by atoms with Crippen molar-refractivity contribution in [2.45, 2.75) is 70.7 Å². The number of hydrogen-bond donors (Lipinski definition) is 0. The third-order valence-corrected chi connectivity index (χ3v) is 3.82. The Balaban J connectivity index is 1.68. The largest absolute Gasteiger partial charge is 0.420 e. The molecule has 1 aliphatic carbocycles. The number of piperidine rings is 1. The smallest absolute Gasteiger partial charge is 0.412 e. The van der Waals surface area contributed by atoms with Crippen molar-refractivity contribution >= 4 is 6.09 Å². The zero-order valence-corrected chi connectivity index (χ0v) is 11.4. The molecule has 0 N–H and O–H groups in total. The highest BCUT2D eigenvalue weighted by molar-refractivity contribution is 5.67. The van der Waals surface area contributed by atoms with Gasteiger partial charge in [0.15, 0.2) is 0 Å². The summed E-state index contributed by atoms with van der Waals surface area (Å²) in [6.07, 6.45) is 9.04. The normalized spacial score (nSPS) is 23.7. The minimum atomic E-state index is -0.414. The van der Waals surface area contributed by atoms with E-state index in [0.29, 0.717) is 0 Å². The molecule has 0 aromatic heterocycles. The van der Waals surface area contributed by atoms with Gasteiger partial charge in [-0.25, -0.2) is 4.79 Å². The van der Waals surface area contributed by atoms with Gasteiger partial charge in [-0.15, -0.1) is 0 Å². The van der Waals surface area contributed by atoms with Crippen LogP contribution in [0.5, 0.6) is 0 Å². The summed E-state index contributed by atoms with van der Waals surface area (Å²) in [4.78, 5) is 13.7. The number of nitrogens with zero attached hydrogens (tertiary/aromatic N) is 1. The fourth-order valence-electron chi connectivity index (χ4n) is 2.79. The van der Waals surface area contributed by atoms with Gasteiger partial charge in [0.2, 0.25) is 6.29 Å². The Hall–Kier alpha value is -0.770. The Morgan fingerprint density at radius 3 is 2.33 bits per heavy atom. The summed E-state index contributed by atoms with van der Waals surface area (Å²) in [5.41, 5.74) is 0. The van der Waals surface area contributed by atoms with E-state index in [0.717, 1.165) is 38.8 Å². The first-order chi connectivity index (χ1) is 8.75. The van der Waals surface area contributed by atoms with Gasteiger partial charge in [0.05, 0.1) is 6.10 Å². The van der Waals surface area contributed by atoms with Gasteiger partial charge < -0.3 is 14.4 Å². The summed E-state index contributed by atoms with van der Waals surface area (Å²) in [5.74, 6) is 0. The van der Waals surface area contributed by atoms with E-state index in [1.54, 1.807) is 4.90 Å². The van der Waals surface area contributed by atoms with Gasteiger partial charge in [-0.05, 0) is 39.0 Å². The lowest BCUT2D eigenvalue weighted by atomic mass is 9.98. The van der Waals surface area contributed by atoms with Crippen molar-refractivity contribution in [2.24, 2.45) is 0 Å². The van der Waals surface area contributed by atoms with Gasteiger partial charge in [0.1, 0.15) is 0 Å². The van der Waals surface area contributed by atoms with E-state index < -0.39 is 6.29 Å². The first-order valence-corrected chi connectivity index (χ1v) is 7.37. The van der Waals surface area contributed by atoms with Crippen LogP contribution in [-0.2, 0) is 9.47 Å². The predicted octanol–water partition coefficient (Wildman–Crippen LogP) is 3.30. The van der Waals surface area contributed by atoms with Crippen LogP contribution in [-0.4, -0.2) is 36.5 Å². The molecule has 2 aliphatic rings. The first-order valence-electron chi connectivity index (χ1n) is 7.37. The molecule has 1 saturated heterocycles. The number of carbonyl (C=O) groups is 1. The fraction of sp³-hybridized carbons (Fsp3) is 0.929. The standard InChI is InChI=1S/C14H25NO3/c1-12(17-13-8-4-2-5-9-13)18-14(16)15-10-6-3-7-11-15/h12-13H,2-11H2,1H3. The molecule has 0 aromatic rings. The highest BCUT2D eigenvalue weighted by Crippen LogP contribution is 2.22. The van der Waals surface area contributed by atoms with E-state index in [2.05, 4.69) is 0 Å². The molecule has 1 amide bonds. The molecule has 1 aliphatic heterocycles. The minimum absolute atomic E-state index is 0.210. The van der Waals surface area contributed by atoms with Crippen molar-refractivity contribution in [2.75, 3.05) is 13.1 Å². The molecule has 2 fully saturated rings. The molecule has 1 atom stereocenters. The van der Waals surface area contributed by atoms with E-state index in [1.807, 2.05) is 6.92 Å². The van der Waals surface area contributed by atoms with E-state index >= 15 is 0 Å². The molecule has 0 bridgehead atoms. The second-order valence-electron chi connectivity index (χ2n) is 5.40. The van der Waals surface area contributed by atoms with Crippen molar-refractivity contribution in [3.63, 3.8) is 0 Å². The monoisotopic (exact) mass is 255 g/mol. The van der Waals surface area contributed by atoms with Crippen LogP contribution in [0.2, 0.25) is 0 Å². The highest BCUT2D eigenvalue weighted by Gasteiger charge is 2.22. The zero-order valence-electron chi connectivity index (χ0n) is 11.4. The average Bonchev–Trinajstić information content (AvgIpc) is 2.40. The Kier molecular flexibility index (Phi) is 5.29. The summed E-state index contributed by atoms with van der Waals surface area (Å²) in [6.45, 7) is 3.49. The predicted molar refractivity (Wildman–Crippen MR) is 69.3 cm³/mol. The van der Waals surface area contributed by atoms with Crippen molar-refractivity contribution in [3.8, 4) is 0 Å². The molecule has 104 valence electrons. The average molecular weight is 255 g/mol. The maximum absolute atomic E-state index is 11.9. The molecular formula is C14H25NO3. The van der Waals surface area contributed by atoms with Crippen molar-refractivity contribution in [1.29, 1.82) is 0 Å². The lowest BCUT2D eigenvalue weighted by molar-refractivity contribution is -0.140. The quantitative estimate of drug-likeness (QED) is 0.726. The maximum Gasteiger partial charge on any atom is 0.412 e. The van der Waals surface area contributed by atoms with Gasteiger partial charge >= 0.3 is 6.09 Å². The van der Waals surface area contributed by atoms with Crippen LogP contribution in [0.3, 0.4) is 0 Å². The highest BCUT2D eigenvalue weighted by atomic mass is 16.7. The minimum Gasteiger partial charge on any atom is -0.420 e. The number of ether oxygens (including phenoxy) is 2. The molecule has 0 aromatic carbocycles. The van der Waals surface area contributed by atoms with Gasteiger partial charge in [0.25, 0.3) is 0 Å². The molecule has 18 heavy (non-hydrogen) atoms. The molecule has 2 rings (SSSR count). The third kappa shape index (κ3) is 4.16. The van der Waals surface area contributed by atoms with E-state index in [9.17, 15) is 4.79 Å². The fourth-order valence-corrected chi connectivity index (χ4v) is 2.79. The number of likely N-dealkylation sites (tertiary alicyclic amines) is 1. The van der Waals surface area contributed by atoms with Crippen LogP contribution >= 0.6 is 0 Å². The van der Waals surface area contributed by atoms with Crippen LogP contribution in [0, 0.1) is 0 Å². The van der Waals surface area contributed by atoms with Crippen molar-refractivity contribution in [1.82, 2.24) is 4.90 Å². The third-order valence-electron chi connectivity index (χ3n) is 3.82. The zero-order chi connectivity index (χ0) is 12.8. The number of hydrogen-bond acceptors (Lipinski definition) is 3. The molecule has 4 heteroatoms. The van der Waals surface area contributed by atoms with Crippen LogP contribution in [0.1, 0.15) is 58.3 Å². The molecule has 0 spiro atoms. The second-order valence-corrected chi connectivity index (χ2v) is 5.40. The molecule has 1 unspecified atom stereocenters. The number of amides is 1. The van der Waals surface area contributed by atoms with Crippen molar-refractivity contribution < 1.29 is 14.3 Å². The van der Waals surface area contributed by atoms with E-state index in [1.165, 1.54) is 25.7 Å². The van der Waals surface area contributed by atoms with Crippen LogP contribution in [0.15, 0.2) is 0 Å². The Morgan fingerprint density at radius 1 is 1.06 bits per heavy atom. The number of rotatable bonds is 3. The first kappa shape index (κ1) is 13.7. The van der Waals surface area contributed by atoms with Gasteiger partial charge in [-0.2, -0.15) is 0 Å². The Bertz CT molecular complexity index is 258. The maximum atomic E-state index is 11.9. The molecule has 0 radical (unpaired) electrons. The topological polar surface area (TPSA) is 38.8 Å². The van der Waals surface area contributed by atoms with Crippen LogP contribution < -0.4 is 0 Å². The lowest BCUT2D eigenvalue weighted by Crippen LogP contribution is -2.38. The Morgan fingerprint density at radius 2 is 1.67 bits per heavy atom. The summed E-state index contributed by atoms with van der Waals surface area (Å²) in [7, 11) is 0. The lowest BCUT2D eigenvalue weighted by Gasteiger charge is -2.29. The van der Waals surface area contributed by atoms with E-state index in [-0.39, 0.29) is 12.2 Å². The summed E-state index contributed by atoms with van der Waals surface area (Å²) in [6, 6.07) is 0. The molecule has 1 heterocycles. The number of carbonyl (C=O) groups excluding carboxylic acids is 1. The molecular weight excluding hydrogens is 230 g/mol. The molecule has 1 saturated carbocycles. The van der Waals surface area contributed by atoms with Gasteiger partial charge in [-0.1, -0.05) is 19.3 Å². The van der Waals surface area contributed by atoms with Crippen LogP contribution in [0.25, 0.3) is 0 Å². The van der Waals surface area contributed by atoms with Gasteiger partial charge in [0, 0.05) is 13.1 Å². The van der Waals surface area contributed by atoms with Crippen molar-refractivity contribution in [3.05, 3.63) is 0 Å². The second kappa shape index (κ2) is 6.98. The summed E-state index contributed by atoms with van der Waals surface area (Å²) in [5, 5.41) is 0. The Labute approximate surface area is 110 Å². The SMILES string of the molecule is CC(OC(=O)N1CCCCC1)OC1CCCCC1. The van der Waals surface area contributed by atoms with E-state index in [4.69, 9.17) is 9.47 Å². The molecule has 4 nitrogen and oxygen atoms in total. The van der Waals surface area contributed by atoms with Gasteiger partial charge in [-0.3, -0.25) is 0 Å². The summed E-state index contributed by atoms with van der Waals surface area (Å²) < 4.78 is 11.1.